The zero-order valence-corrected chi connectivity index (χ0v) is 11.2. The van der Waals surface area contributed by atoms with Crippen LogP contribution in [0.5, 0.6) is 0 Å². The van der Waals surface area contributed by atoms with Gasteiger partial charge in [0.1, 0.15) is 0 Å². The van der Waals surface area contributed by atoms with Gasteiger partial charge in [-0.1, -0.05) is 6.07 Å². The van der Waals surface area contributed by atoms with E-state index in [0.29, 0.717) is 0 Å². The topological polar surface area (TPSA) is 74.1 Å². The van der Waals surface area contributed by atoms with Gasteiger partial charge in [0.25, 0.3) is 0 Å². The maximum absolute atomic E-state index is 11.6. The molecule has 0 saturated heterocycles. The second-order valence-corrected chi connectivity index (χ2v) is 4.35. The molecule has 0 saturated carbocycles. The Morgan fingerprint density at radius 1 is 1.24 bits per heavy atom. The summed E-state index contributed by atoms with van der Waals surface area (Å²) < 4.78 is 6.01. The average Bonchev–Trinajstić information content (AvgIpc) is 2.54. The molecule has 104 valence electrons. The number of carbonyl (C=O) groups is 1. The van der Waals surface area contributed by atoms with Crippen molar-refractivity contribution in [2.45, 2.75) is 0 Å². The first-order valence-corrected chi connectivity index (χ1v) is 6.22. The summed E-state index contributed by atoms with van der Waals surface area (Å²) in [5, 5.41) is 4.97. The van der Waals surface area contributed by atoms with E-state index >= 15 is 0 Å². The molecular weight excluding hydrogens is 270 g/mol. The molecule has 0 fully saturated rings. The Bertz CT molecular complexity index is 886. The Labute approximate surface area is 119 Å². The fraction of sp³-hybridized carbons (Fsp3) is 0.0667. The SMILES string of the molecule is COC(=O)c1nn(-c2ccc3ncccc3c2)ccc1=O. The number of carbonyl (C=O) groups excluding carboxylic acids is 1. The van der Waals surface area contributed by atoms with Crippen molar-refractivity contribution in [1.29, 1.82) is 0 Å². The molecule has 0 bridgehead atoms. The molecule has 0 amide bonds. The third kappa shape index (κ3) is 2.38. The minimum Gasteiger partial charge on any atom is -0.464 e. The van der Waals surface area contributed by atoms with Gasteiger partial charge in [-0.15, -0.1) is 0 Å². The second kappa shape index (κ2) is 5.16. The quantitative estimate of drug-likeness (QED) is 0.666. The van der Waals surface area contributed by atoms with Crippen molar-refractivity contribution in [3.63, 3.8) is 0 Å². The lowest BCUT2D eigenvalue weighted by atomic mass is 10.2. The fourth-order valence-corrected chi connectivity index (χ4v) is 1.99. The van der Waals surface area contributed by atoms with E-state index in [0.717, 1.165) is 16.6 Å². The molecule has 0 aliphatic carbocycles. The molecule has 21 heavy (non-hydrogen) atoms. The number of rotatable bonds is 2. The highest BCUT2D eigenvalue weighted by Crippen LogP contribution is 2.15. The molecule has 1 aromatic carbocycles. The molecule has 2 aromatic heterocycles. The van der Waals surface area contributed by atoms with Gasteiger partial charge in [-0.3, -0.25) is 9.78 Å². The number of methoxy groups -OCH3 is 1. The zero-order chi connectivity index (χ0) is 14.8. The molecule has 0 N–H and O–H groups in total. The summed E-state index contributed by atoms with van der Waals surface area (Å²) >= 11 is 0. The van der Waals surface area contributed by atoms with Crippen molar-refractivity contribution in [2.75, 3.05) is 7.11 Å². The number of benzene rings is 1. The first-order valence-electron chi connectivity index (χ1n) is 6.22. The van der Waals surface area contributed by atoms with E-state index in [1.807, 2.05) is 30.3 Å². The summed E-state index contributed by atoms with van der Waals surface area (Å²) in [6, 6.07) is 10.6. The summed E-state index contributed by atoms with van der Waals surface area (Å²) in [6.07, 6.45) is 3.22. The minimum atomic E-state index is -0.753. The van der Waals surface area contributed by atoms with Crippen molar-refractivity contribution < 1.29 is 9.53 Å². The molecule has 0 aliphatic heterocycles. The fourth-order valence-electron chi connectivity index (χ4n) is 1.99. The monoisotopic (exact) mass is 281 g/mol. The molecule has 0 aliphatic rings. The first kappa shape index (κ1) is 13.0. The number of esters is 1. The lowest BCUT2D eigenvalue weighted by Gasteiger charge is -2.07. The molecule has 3 rings (SSSR count). The number of ether oxygens (including phenoxy) is 1. The van der Waals surface area contributed by atoms with Crippen LogP contribution in [-0.4, -0.2) is 27.8 Å². The first-order chi connectivity index (χ1) is 10.2. The van der Waals surface area contributed by atoms with E-state index in [9.17, 15) is 9.59 Å². The lowest BCUT2D eigenvalue weighted by Crippen LogP contribution is -2.21. The summed E-state index contributed by atoms with van der Waals surface area (Å²) in [7, 11) is 1.21. The largest absolute Gasteiger partial charge is 0.464 e. The van der Waals surface area contributed by atoms with Crippen LogP contribution in [0.4, 0.5) is 0 Å². The number of hydrogen-bond acceptors (Lipinski definition) is 5. The van der Waals surface area contributed by atoms with Crippen molar-refractivity contribution in [2.24, 2.45) is 0 Å². The van der Waals surface area contributed by atoms with Crippen LogP contribution in [0, 0.1) is 0 Å². The van der Waals surface area contributed by atoms with Gasteiger partial charge in [-0.05, 0) is 24.3 Å². The van der Waals surface area contributed by atoms with Crippen molar-refractivity contribution in [3.8, 4) is 5.69 Å². The van der Waals surface area contributed by atoms with Crippen LogP contribution in [0.3, 0.4) is 0 Å². The second-order valence-electron chi connectivity index (χ2n) is 4.35. The maximum atomic E-state index is 11.6. The van der Waals surface area contributed by atoms with Gasteiger partial charge < -0.3 is 4.74 Å². The Morgan fingerprint density at radius 3 is 2.90 bits per heavy atom. The predicted octanol–water partition coefficient (Wildman–Crippen LogP) is 1.57. The molecule has 6 heteroatoms. The van der Waals surface area contributed by atoms with E-state index in [2.05, 4.69) is 14.8 Å². The van der Waals surface area contributed by atoms with Gasteiger partial charge in [0.2, 0.25) is 11.1 Å². The van der Waals surface area contributed by atoms with Gasteiger partial charge in [0.15, 0.2) is 0 Å². The predicted molar refractivity (Wildman–Crippen MR) is 76.5 cm³/mol. The van der Waals surface area contributed by atoms with E-state index in [4.69, 9.17) is 0 Å². The lowest BCUT2D eigenvalue weighted by molar-refractivity contribution is 0.0590. The number of nitrogens with zero attached hydrogens (tertiary/aromatic N) is 3. The van der Waals surface area contributed by atoms with Crippen LogP contribution in [0.2, 0.25) is 0 Å². The van der Waals surface area contributed by atoms with Gasteiger partial charge in [-0.2, -0.15) is 5.10 Å². The van der Waals surface area contributed by atoms with Gasteiger partial charge >= 0.3 is 5.97 Å². The molecule has 0 unspecified atom stereocenters. The molecule has 0 radical (unpaired) electrons. The third-order valence-electron chi connectivity index (χ3n) is 3.04. The number of pyridine rings is 1. The molecular formula is C15H11N3O3. The molecule has 3 aromatic rings. The van der Waals surface area contributed by atoms with E-state index < -0.39 is 11.4 Å². The highest BCUT2D eigenvalue weighted by atomic mass is 16.5. The minimum absolute atomic E-state index is 0.244. The number of hydrogen-bond donors (Lipinski definition) is 0. The van der Waals surface area contributed by atoms with Crippen molar-refractivity contribution >= 4 is 16.9 Å². The Balaban J connectivity index is 2.14. The summed E-state index contributed by atoms with van der Waals surface area (Å²) in [5.74, 6) is -0.753. The van der Waals surface area contributed by atoms with Crippen LogP contribution in [0.15, 0.2) is 53.6 Å². The van der Waals surface area contributed by atoms with E-state index in [1.54, 1.807) is 6.20 Å². The molecule has 0 atom stereocenters. The van der Waals surface area contributed by atoms with Gasteiger partial charge in [0, 0.05) is 23.8 Å². The molecule has 2 heterocycles. The van der Waals surface area contributed by atoms with Crippen LogP contribution in [0.1, 0.15) is 10.5 Å². The Kier molecular flexibility index (Phi) is 3.19. The highest BCUT2D eigenvalue weighted by molar-refractivity contribution is 5.86. The molecule has 0 spiro atoms. The van der Waals surface area contributed by atoms with Gasteiger partial charge in [-0.25, -0.2) is 9.48 Å². The Morgan fingerprint density at radius 2 is 2.10 bits per heavy atom. The van der Waals surface area contributed by atoms with Crippen molar-refractivity contribution in [3.05, 3.63) is 64.7 Å². The van der Waals surface area contributed by atoms with E-state index in [-0.39, 0.29) is 5.69 Å². The average molecular weight is 281 g/mol. The zero-order valence-electron chi connectivity index (χ0n) is 11.2. The number of aromatic nitrogens is 3. The van der Waals surface area contributed by atoms with Crippen molar-refractivity contribution in [1.82, 2.24) is 14.8 Å². The van der Waals surface area contributed by atoms with Crippen LogP contribution in [-0.2, 0) is 4.74 Å². The standard InChI is InChI=1S/C15H11N3O3/c1-21-15(20)14-13(19)6-8-18(17-14)11-4-5-12-10(9-11)3-2-7-16-12/h2-9H,1H3. The smallest absolute Gasteiger partial charge is 0.362 e. The maximum Gasteiger partial charge on any atom is 0.362 e. The number of fused-ring (bicyclic) bond motifs is 1. The van der Waals surface area contributed by atoms with Crippen LogP contribution >= 0.6 is 0 Å². The third-order valence-corrected chi connectivity index (χ3v) is 3.04. The summed E-state index contributed by atoms with van der Waals surface area (Å²) in [5.41, 5.74) is 0.864. The highest BCUT2D eigenvalue weighted by Gasteiger charge is 2.13. The Hall–Kier alpha value is -3.02. The van der Waals surface area contributed by atoms with Crippen LogP contribution in [0.25, 0.3) is 16.6 Å². The summed E-state index contributed by atoms with van der Waals surface area (Å²) in [6.45, 7) is 0. The normalized spacial score (nSPS) is 10.5. The van der Waals surface area contributed by atoms with Gasteiger partial charge in [0.05, 0.1) is 18.3 Å². The molecule has 6 nitrogen and oxygen atoms in total. The summed E-state index contributed by atoms with van der Waals surface area (Å²) in [4.78, 5) is 27.4. The van der Waals surface area contributed by atoms with E-state index in [1.165, 1.54) is 24.1 Å². The van der Waals surface area contributed by atoms with Crippen LogP contribution < -0.4 is 5.43 Å².